The molecule has 4 heterocycles. The number of carbonyl (C=O) groups is 1. The molecule has 0 spiro atoms. The van der Waals surface area contributed by atoms with Crippen LogP contribution in [0.25, 0.3) is 11.3 Å². The zero-order valence-corrected chi connectivity index (χ0v) is 17.6. The van der Waals surface area contributed by atoms with Gasteiger partial charge in [-0.25, -0.2) is 0 Å². The second-order valence-corrected chi connectivity index (χ2v) is 9.70. The Hall–Kier alpha value is -2.13. The number of likely N-dealkylation sites (tertiary alicyclic amines) is 1. The molecule has 154 valence electrons. The Morgan fingerprint density at radius 1 is 1.24 bits per heavy atom. The Bertz CT molecular complexity index is 951. The molecule has 2 aromatic rings. The second kappa shape index (κ2) is 5.95. The molecule has 1 amide bonds. The van der Waals surface area contributed by atoms with Gasteiger partial charge >= 0.3 is 7.12 Å². The van der Waals surface area contributed by atoms with Crippen molar-refractivity contribution < 1.29 is 18.6 Å². The van der Waals surface area contributed by atoms with E-state index in [1.54, 1.807) is 16.9 Å². The molecule has 3 fully saturated rings. The third kappa shape index (κ3) is 2.86. The van der Waals surface area contributed by atoms with Crippen molar-refractivity contribution in [2.24, 2.45) is 13.0 Å². The van der Waals surface area contributed by atoms with Gasteiger partial charge in [-0.2, -0.15) is 5.10 Å². The monoisotopic (exact) mass is 398 g/mol. The zero-order chi connectivity index (χ0) is 20.6. The Kier molecular flexibility index (Phi) is 3.87. The van der Waals surface area contributed by atoms with E-state index in [0.717, 1.165) is 18.4 Å². The Balaban J connectivity index is 1.26. The van der Waals surface area contributed by atoms with E-state index in [9.17, 15) is 4.79 Å². The van der Waals surface area contributed by atoms with Crippen LogP contribution in [0.5, 0.6) is 0 Å². The molecule has 2 atom stereocenters. The molecule has 0 radical (unpaired) electrons. The first kappa shape index (κ1) is 18.9. The van der Waals surface area contributed by atoms with E-state index in [4.69, 9.17) is 13.8 Å². The highest BCUT2D eigenvalue weighted by Gasteiger charge is 2.70. The molecule has 0 aromatic carbocycles. The van der Waals surface area contributed by atoms with Gasteiger partial charge in [0.05, 0.1) is 17.4 Å². The van der Waals surface area contributed by atoms with Gasteiger partial charge in [0, 0.05) is 43.3 Å². The highest BCUT2D eigenvalue weighted by atomic mass is 16.7. The van der Waals surface area contributed by atoms with Crippen LogP contribution in [-0.4, -0.2) is 57.2 Å². The molecule has 29 heavy (non-hydrogen) atoms. The molecular formula is C20H27BN4O4. The van der Waals surface area contributed by atoms with E-state index in [2.05, 4.69) is 38.0 Å². The Morgan fingerprint density at radius 2 is 1.97 bits per heavy atom. The molecule has 5 rings (SSSR count). The van der Waals surface area contributed by atoms with Crippen LogP contribution in [0.1, 0.15) is 51.1 Å². The minimum absolute atomic E-state index is 0.0318. The molecule has 9 heteroatoms. The van der Waals surface area contributed by atoms with Crippen molar-refractivity contribution in [2.45, 2.75) is 57.1 Å². The first-order valence-electron chi connectivity index (χ1n) is 10.2. The third-order valence-electron chi connectivity index (χ3n) is 7.30. The maximum atomic E-state index is 13.0. The Morgan fingerprint density at radius 3 is 2.59 bits per heavy atom. The molecule has 8 nitrogen and oxygen atoms in total. The summed E-state index contributed by atoms with van der Waals surface area (Å²) in [4.78, 5) is 14.8. The molecule has 0 N–H and O–H groups in total. The number of piperidine rings is 1. The standard InChI is InChI=1S/C20H27BN4O4/c1-18(2)19(3,4)29-21(28-18)20-6-7-25(12-14(20)9-20)17(26)16-8-15(23-27-16)13-10-22-24(5)11-13/h8,10-11,14H,6-7,9,12H2,1-5H3. The summed E-state index contributed by atoms with van der Waals surface area (Å²) in [7, 11) is 1.64. The largest absolute Gasteiger partial charge is 0.464 e. The Labute approximate surface area is 170 Å². The molecular weight excluding hydrogens is 371 g/mol. The summed E-state index contributed by atoms with van der Waals surface area (Å²) in [6, 6.07) is 1.70. The number of nitrogens with zero attached hydrogens (tertiary/aromatic N) is 4. The van der Waals surface area contributed by atoms with Crippen LogP contribution in [0, 0.1) is 5.92 Å². The molecule has 0 bridgehead atoms. The lowest BCUT2D eigenvalue weighted by Crippen LogP contribution is -2.42. The average molecular weight is 398 g/mol. The van der Waals surface area contributed by atoms with Gasteiger partial charge in [0.25, 0.3) is 5.91 Å². The van der Waals surface area contributed by atoms with Crippen molar-refractivity contribution in [1.29, 1.82) is 0 Å². The van der Waals surface area contributed by atoms with E-state index in [1.165, 1.54) is 0 Å². The zero-order valence-electron chi connectivity index (χ0n) is 17.6. The van der Waals surface area contributed by atoms with Crippen molar-refractivity contribution in [1.82, 2.24) is 19.8 Å². The number of carbonyl (C=O) groups excluding carboxylic acids is 1. The van der Waals surface area contributed by atoms with E-state index in [1.807, 2.05) is 18.1 Å². The fraction of sp³-hybridized carbons (Fsp3) is 0.650. The molecule has 2 aliphatic heterocycles. The number of rotatable bonds is 3. The summed E-state index contributed by atoms with van der Waals surface area (Å²) in [6.45, 7) is 9.72. The van der Waals surface area contributed by atoms with Crippen molar-refractivity contribution >= 4 is 13.0 Å². The summed E-state index contributed by atoms with van der Waals surface area (Å²) >= 11 is 0. The van der Waals surface area contributed by atoms with E-state index >= 15 is 0 Å². The van der Waals surface area contributed by atoms with Crippen LogP contribution in [-0.2, 0) is 16.4 Å². The van der Waals surface area contributed by atoms with Gasteiger partial charge < -0.3 is 18.7 Å². The maximum absolute atomic E-state index is 13.0. The van der Waals surface area contributed by atoms with E-state index < -0.39 is 0 Å². The number of aryl methyl sites for hydroxylation is 1. The number of fused-ring (bicyclic) bond motifs is 1. The normalized spacial score (nSPS) is 29.8. The fourth-order valence-electron chi connectivity index (χ4n) is 4.54. The van der Waals surface area contributed by atoms with Crippen LogP contribution >= 0.6 is 0 Å². The number of aromatic nitrogens is 3. The van der Waals surface area contributed by atoms with Crippen molar-refractivity contribution in [3.8, 4) is 11.3 Å². The third-order valence-corrected chi connectivity index (χ3v) is 7.30. The highest BCUT2D eigenvalue weighted by molar-refractivity contribution is 6.51. The highest BCUT2D eigenvalue weighted by Crippen LogP contribution is 2.69. The van der Waals surface area contributed by atoms with Gasteiger partial charge in [-0.15, -0.1) is 0 Å². The second-order valence-electron chi connectivity index (χ2n) is 9.70. The van der Waals surface area contributed by atoms with Crippen LogP contribution in [0.2, 0.25) is 5.31 Å². The summed E-state index contributed by atoms with van der Waals surface area (Å²) < 4.78 is 19.7. The fourth-order valence-corrected chi connectivity index (χ4v) is 4.54. The summed E-state index contributed by atoms with van der Waals surface area (Å²) in [5, 5.41) is 8.20. The smallest absolute Gasteiger partial charge is 0.403 e. The van der Waals surface area contributed by atoms with Gasteiger partial charge in [0.15, 0.2) is 0 Å². The predicted octanol–water partition coefficient (Wildman–Crippen LogP) is 2.77. The molecule has 3 aliphatic rings. The first-order chi connectivity index (χ1) is 13.6. The van der Waals surface area contributed by atoms with Gasteiger partial charge in [-0.1, -0.05) is 5.16 Å². The van der Waals surface area contributed by atoms with Crippen LogP contribution in [0.3, 0.4) is 0 Å². The van der Waals surface area contributed by atoms with Gasteiger partial charge in [0.1, 0.15) is 5.69 Å². The van der Waals surface area contributed by atoms with E-state index in [0.29, 0.717) is 24.7 Å². The molecule has 1 aliphatic carbocycles. The van der Waals surface area contributed by atoms with Crippen LogP contribution < -0.4 is 0 Å². The van der Waals surface area contributed by atoms with Gasteiger partial charge in [-0.3, -0.25) is 9.48 Å². The summed E-state index contributed by atoms with van der Waals surface area (Å²) in [6.07, 6.45) is 5.46. The quantitative estimate of drug-likeness (QED) is 0.740. The van der Waals surface area contributed by atoms with Gasteiger partial charge in [-0.05, 0) is 46.5 Å². The first-order valence-corrected chi connectivity index (χ1v) is 10.2. The van der Waals surface area contributed by atoms with Crippen molar-refractivity contribution in [3.05, 3.63) is 24.2 Å². The molecule has 2 saturated heterocycles. The van der Waals surface area contributed by atoms with Gasteiger partial charge in [0.2, 0.25) is 5.76 Å². The topological polar surface area (TPSA) is 82.6 Å². The number of amides is 1. The minimum atomic E-state index is -0.324. The van der Waals surface area contributed by atoms with Crippen LogP contribution in [0.15, 0.2) is 23.0 Å². The SMILES string of the molecule is Cn1cc(-c2cc(C(=O)N3CCC4(B5OC(C)(C)C(C)(C)O5)CC4C3)on2)cn1. The molecule has 2 unspecified atom stereocenters. The minimum Gasteiger partial charge on any atom is -0.403 e. The molecule has 2 aromatic heterocycles. The maximum Gasteiger partial charge on any atom is 0.464 e. The summed E-state index contributed by atoms with van der Waals surface area (Å²) in [5.74, 6) is 0.560. The molecule has 1 saturated carbocycles. The lowest BCUT2D eigenvalue weighted by atomic mass is 9.63. The van der Waals surface area contributed by atoms with E-state index in [-0.39, 0.29) is 35.3 Å². The van der Waals surface area contributed by atoms with Crippen molar-refractivity contribution in [2.75, 3.05) is 13.1 Å². The predicted molar refractivity (Wildman–Crippen MR) is 106 cm³/mol. The van der Waals surface area contributed by atoms with Crippen LogP contribution in [0.4, 0.5) is 0 Å². The van der Waals surface area contributed by atoms with Crippen molar-refractivity contribution in [3.63, 3.8) is 0 Å². The number of hydrogen-bond acceptors (Lipinski definition) is 6. The average Bonchev–Trinajstić information content (AvgIpc) is 2.93. The number of hydrogen-bond donors (Lipinski definition) is 0. The lowest BCUT2D eigenvalue weighted by molar-refractivity contribution is 0.00578. The lowest BCUT2D eigenvalue weighted by Gasteiger charge is -2.32. The summed E-state index contributed by atoms with van der Waals surface area (Å²) in [5.41, 5.74) is 0.803.